The topological polar surface area (TPSA) is 80.0 Å². The Hall–Kier alpha value is -2.73. The maximum atomic E-state index is 10.8. The molecule has 2 aromatic carbocycles. The van der Waals surface area contributed by atoms with E-state index in [0.29, 0.717) is 18.8 Å². The molecule has 0 unspecified atom stereocenters. The van der Waals surface area contributed by atoms with E-state index in [9.17, 15) is 4.79 Å². The van der Waals surface area contributed by atoms with Crippen molar-refractivity contribution in [2.75, 3.05) is 26.7 Å². The Morgan fingerprint density at radius 2 is 1.93 bits per heavy atom. The molecule has 0 atom stereocenters. The number of nitrogens with two attached hydrogens (primary N) is 1. The molecule has 0 saturated heterocycles. The summed E-state index contributed by atoms with van der Waals surface area (Å²) in [6, 6.07) is 15.4. The minimum atomic E-state index is -0.490. The standard InChI is InChI=1S/C21H27ClN4O2/c1-3-24-21(26(2)14-17-6-4-5-7-19(17)22)25-13-12-16-8-10-18(11-9-16)28-15-20(23)27/h4-11H,3,12-15H2,1-2H3,(H2,23,27)(H,24,25). The van der Waals surface area contributed by atoms with Crippen LogP contribution in [0.3, 0.4) is 0 Å². The fourth-order valence-electron chi connectivity index (χ4n) is 2.62. The number of hydrogen-bond acceptors (Lipinski definition) is 3. The Morgan fingerprint density at radius 1 is 1.21 bits per heavy atom. The van der Waals surface area contributed by atoms with E-state index in [1.54, 1.807) is 0 Å². The Kier molecular flexibility index (Phi) is 8.62. The monoisotopic (exact) mass is 402 g/mol. The van der Waals surface area contributed by atoms with Gasteiger partial charge in [-0.2, -0.15) is 0 Å². The molecule has 0 saturated carbocycles. The lowest BCUT2D eigenvalue weighted by molar-refractivity contribution is -0.119. The summed E-state index contributed by atoms with van der Waals surface area (Å²) in [5.74, 6) is 0.970. The quantitative estimate of drug-likeness (QED) is 0.499. The molecule has 0 aromatic heterocycles. The lowest BCUT2D eigenvalue weighted by atomic mass is 10.1. The largest absolute Gasteiger partial charge is 0.484 e. The predicted octanol–water partition coefficient (Wildman–Crippen LogP) is 2.84. The van der Waals surface area contributed by atoms with Gasteiger partial charge in [0.2, 0.25) is 0 Å². The molecule has 150 valence electrons. The molecule has 0 spiro atoms. The molecular formula is C21H27ClN4O2. The van der Waals surface area contributed by atoms with Gasteiger partial charge in [0.1, 0.15) is 5.75 Å². The van der Waals surface area contributed by atoms with E-state index in [2.05, 4.69) is 10.2 Å². The van der Waals surface area contributed by atoms with Crippen LogP contribution >= 0.6 is 11.6 Å². The van der Waals surface area contributed by atoms with Crippen LogP contribution in [0, 0.1) is 0 Å². The average Bonchev–Trinajstić information content (AvgIpc) is 2.68. The smallest absolute Gasteiger partial charge is 0.255 e. The Morgan fingerprint density at radius 3 is 2.57 bits per heavy atom. The van der Waals surface area contributed by atoms with E-state index in [-0.39, 0.29) is 6.61 Å². The van der Waals surface area contributed by atoms with Crippen molar-refractivity contribution in [1.29, 1.82) is 0 Å². The Bertz CT molecular complexity index is 793. The molecule has 2 aromatic rings. The SMILES string of the molecule is CCNC(=NCCc1ccc(OCC(N)=O)cc1)N(C)Cc1ccccc1Cl. The highest BCUT2D eigenvalue weighted by molar-refractivity contribution is 6.31. The van der Waals surface area contributed by atoms with Crippen LogP contribution in [0.1, 0.15) is 18.1 Å². The van der Waals surface area contributed by atoms with Gasteiger partial charge in [-0.1, -0.05) is 41.9 Å². The van der Waals surface area contributed by atoms with Crippen LogP contribution < -0.4 is 15.8 Å². The number of aliphatic imine (C=N–C) groups is 1. The minimum Gasteiger partial charge on any atom is -0.484 e. The van der Waals surface area contributed by atoms with Crippen LogP contribution in [-0.2, 0) is 17.8 Å². The lowest BCUT2D eigenvalue weighted by Gasteiger charge is -2.22. The number of halogens is 1. The van der Waals surface area contributed by atoms with Crippen molar-refractivity contribution in [3.63, 3.8) is 0 Å². The van der Waals surface area contributed by atoms with E-state index in [4.69, 9.17) is 27.1 Å². The van der Waals surface area contributed by atoms with Crippen molar-refractivity contribution in [1.82, 2.24) is 10.2 Å². The normalized spacial score (nSPS) is 11.2. The zero-order valence-electron chi connectivity index (χ0n) is 16.3. The summed E-state index contributed by atoms with van der Waals surface area (Å²) >= 11 is 6.26. The van der Waals surface area contributed by atoms with Crippen molar-refractivity contribution in [3.05, 3.63) is 64.7 Å². The van der Waals surface area contributed by atoms with Crippen LogP contribution in [0.4, 0.5) is 0 Å². The molecule has 2 rings (SSSR count). The Labute approximate surface area is 171 Å². The van der Waals surface area contributed by atoms with E-state index >= 15 is 0 Å². The molecule has 0 aliphatic rings. The molecule has 0 aliphatic carbocycles. The number of nitrogens with zero attached hydrogens (tertiary/aromatic N) is 2. The van der Waals surface area contributed by atoms with Gasteiger partial charge >= 0.3 is 0 Å². The molecule has 6 nitrogen and oxygen atoms in total. The molecule has 0 radical (unpaired) electrons. The van der Waals surface area contributed by atoms with Gasteiger partial charge in [0.15, 0.2) is 12.6 Å². The van der Waals surface area contributed by atoms with Crippen LogP contribution in [-0.4, -0.2) is 43.5 Å². The van der Waals surface area contributed by atoms with Gasteiger partial charge in [-0.05, 0) is 42.7 Å². The average molecular weight is 403 g/mol. The van der Waals surface area contributed by atoms with Gasteiger partial charge in [0, 0.05) is 31.7 Å². The number of benzene rings is 2. The van der Waals surface area contributed by atoms with Gasteiger partial charge in [-0.15, -0.1) is 0 Å². The first-order chi connectivity index (χ1) is 13.5. The first-order valence-corrected chi connectivity index (χ1v) is 9.60. The number of rotatable bonds is 9. The fraction of sp³-hybridized carbons (Fsp3) is 0.333. The van der Waals surface area contributed by atoms with Crippen molar-refractivity contribution < 1.29 is 9.53 Å². The second kappa shape index (κ2) is 11.2. The van der Waals surface area contributed by atoms with E-state index in [1.807, 2.05) is 62.5 Å². The number of amides is 1. The molecule has 0 heterocycles. The van der Waals surface area contributed by atoms with Crippen molar-refractivity contribution in [2.45, 2.75) is 19.9 Å². The highest BCUT2D eigenvalue weighted by atomic mass is 35.5. The number of hydrogen-bond donors (Lipinski definition) is 2. The summed E-state index contributed by atoms with van der Waals surface area (Å²) in [6.07, 6.45) is 0.797. The summed E-state index contributed by atoms with van der Waals surface area (Å²) < 4.78 is 5.27. The van der Waals surface area contributed by atoms with Crippen LogP contribution in [0.2, 0.25) is 5.02 Å². The number of carbonyl (C=O) groups is 1. The molecule has 0 bridgehead atoms. The summed E-state index contributed by atoms with van der Waals surface area (Å²) in [5, 5.41) is 4.07. The van der Waals surface area contributed by atoms with Gasteiger partial charge in [0.25, 0.3) is 5.91 Å². The zero-order valence-corrected chi connectivity index (χ0v) is 17.1. The number of primary amides is 1. The Balaban J connectivity index is 1.93. The summed E-state index contributed by atoms with van der Waals surface area (Å²) in [7, 11) is 2.00. The summed E-state index contributed by atoms with van der Waals surface area (Å²) in [5.41, 5.74) is 7.27. The van der Waals surface area contributed by atoms with Crippen molar-refractivity contribution >= 4 is 23.5 Å². The van der Waals surface area contributed by atoms with Crippen LogP contribution in [0.15, 0.2) is 53.5 Å². The van der Waals surface area contributed by atoms with Crippen molar-refractivity contribution in [3.8, 4) is 5.75 Å². The second-order valence-electron chi connectivity index (χ2n) is 6.33. The third-order valence-corrected chi connectivity index (χ3v) is 4.40. The minimum absolute atomic E-state index is 0.118. The molecule has 1 amide bonds. The molecular weight excluding hydrogens is 376 g/mol. The van der Waals surface area contributed by atoms with Gasteiger partial charge < -0.3 is 20.7 Å². The summed E-state index contributed by atoms with van der Waals surface area (Å²) in [6.45, 7) is 4.04. The first kappa shape index (κ1) is 21.6. The fourth-order valence-corrected chi connectivity index (χ4v) is 2.82. The maximum absolute atomic E-state index is 10.8. The van der Waals surface area contributed by atoms with Gasteiger partial charge in [-0.25, -0.2) is 0 Å². The summed E-state index contributed by atoms with van der Waals surface area (Å²) in [4.78, 5) is 17.5. The molecule has 3 N–H and O–H groups in total. The number of ether oxygens (including phenoxy) is 1. The molecule has 7 heteroatoms. The highest BCUT2D eigenvalue weighted by Crippen LogP contribution is 2.16. The van der Waals surface area contributed by atoms with E-state index < -0.39 is 5.91 Å². The number of guanidine groups is 1. The van der Waals surface area contributed by atoms with E-state index in [0.717, 1.165) is 35.1 Å². The second-order valence-corrected chi connectivity index (χ2v) is 6.74. The van der Waals surface area contributed by atoms with E-state index in [1.165, 1.54) is 0 Å². The highest BCUT2D eigenvalue weighted by Gasteiger charge is 2.08. The molecule has 28 heavy (non-hydrogen) atoms. The van der Waals surface area contributed by atoms with Crippen LogP contribution in [0.25, 0.3) is 0 Å². The first-order valence-electron chi connectivity index (χ1n) is 9.22. The lowest BCUT2D eigenvalue weighted by Crippen LogP contribution is -2.38. The number of nitrogens with one attached hydrogen (secondary N) is 1. The van der Waals surface area contributed by atoms with Crippen LogP contribution in [0.5, 0.6) is 5.75 Å². The maximum Gasteiger partial charge on any atom is 0.255 e. The van der Waals surface area contributed by atoms with Gasteiger partial charge in [0.05, 0.1) is 0 Å². The molecule has 0 fully saturated rings. The van der Waals surface area contributed by atoms with Crippen molar-refractivity contribution in [2.24, 2.45) is 10.7 Å². The molecule has 0 aliphatic heterocycles. The third kappa shape index (κ3) is 7.12. The predicted molar refractivity (Wildman–Crippen MR) is 114 cm³/mol. The van der Waals surface area contributed by atoms with Gasteiger partial charge in [-0.3, -0.25) is 9.79 Å². The third-order valence-electron chi connectivity index (χ3n) is 4.03. The zero-order chi connectivity index (χ0) is 20.4. The number of carbonyl (C=O) groups excluding carboxylic acids is 1.